The van der Waals surface area contributed by atoms with Crippen LogP contribution in [0, 0.1) is 5.41 Å². The lowest BCUT2D eigenvalue weighted by atomic mass is 9.74. The van der Waals surface area contributed by atoms with Gasteiger partial charge in [0.05, 0.1) is 11.1 Å². The second-order valence-electron chi connectivity index (χ2n) is 7.62. The number of aromatic nitrogens is 2. The molecule has 1 aromatic heterocycles. The average molecular weight is 321 g/mol. The van der Waals surface area contributed by atoms with Crippen molar-refractivity contribution in [2.75, 3.05) is 6.54 Å². The van der Waals surface area contributed by atoms with E-state index in [1.54, 1.807) is 17.8 Å². The van der Waals surface area contributed by atoms with E-state index in [1.165, 1.54) is 0 Å². The van der Waals surface area contributed by atoms with Crippen LogP contribution in [0.25, 0.3) is 0 Å². The largest absolute Gasteiger partial charge is 0.481 e. The van der Waals surface area contributed by atoms with Crippen LogP contribution in [0.1, 0.15) is 69.1 Å². The maximum atomic E-state index is 12.4. The van der Waals surface area contributed by atoms with Crippen LogP contribution in [0.4, 0.5) is 0 Å². The Morgan fingerprint density at radius 1 is 1.30 bits per heavy atom. The van der Waals surface area contributed by atoms with E-state index < -0.39 is 11.4 Å². The van der Waals surface area contributed by atoms with Gasteiger partial charge in [0, 0.05) is 19.0 Å². The van der Waals surface area contributed by atoms with E-state index in [4.69, 9.17) is 0 Å². The summed E-state index contributed by atoms with van der Waals surface area (Å²) in [4.78, 5) is 24.1. The predicted octanol–water partition coefficient (Wildman–Crippen LogP) is 2.48. The monoisotopic (exact) mass is 321 g/mol. The number of amides is 1. The molecule has 23 heavy (non-hydrogen) atoms. The summed E-state index contributed by atoms with van der Waals surface area (Å²) in [5.74, 6) is -1.07. The summed E-state index contributed by atoms with van der Waals surface area (Å²) >= 11 is 0. The first-order chi connectivity index (χ1) is 10.7. The topological polar surface area (TPSA) is 84.2 Å². The fraction of sp³-hybridized carbons (Fsp3) is 0.706. The molecule has 0 aromatic carbocycles. The molecule has 1 amide bonds. The van der Waals surface area contributed by atoms with Crippen LogP contribution in [0.3, 0.4) is 0 Å². The van der Waals surface area contributed by atoms with Crippen LogP contribution in [0.5, 0.6) is 0 Å². The third-order valence-electron chi connectivity index (χ3n) is 4.73. The highest BCUT2D eigenvalue weighted by atomic mass is 16.4. The van der Waals surface area contributed by atoms with Gasteiger partial charge in [0.25, 0.3) is 5.91 Å². The number of carbonyl (C=O) groups excluding carboxylic acids is 1. The van der Waals surface area contributed by atoms with Crippen LogP contribution in [0.15, 0.2) is 6.07 Å². The molecule has 0 radical (unpaired) electrons. The number of nitrogens with zero attached hydrogens (tertiary/aromatic N) is 2. The number of carboxylic acids is 1. The number of hydrogen-bond donors (Lipinski definition) is 2. The van der Waals surface area contributed by atoms with Crippen LogP contribution in [-0.2, 0) is 17.3 Å². The Bertz CT molecular complexity index is 593. The summed E-state index contributed by atoms with van der Waals surface area (Å²) in [6.07, 6.45) is 4.13. The van der Waals surface area contributed by atoms with E-state index in [1.807, 2.05) is 20.8 Å². The molecule has 1 aliphatic carbocycles. The van der Waals surface area contributed by atoms with Gasteiger partial charge in [-0.25, -0.2) is 0 Å². The van der Waals surface area contributed by atoms with Crippen molar-refractivity contribution in [2.24, 2.45) is 12.5 Å². The smallest absolute Gasteiger partial charge is 0.311 e. The third kappa shape index (κ3) is 3.74. The first-order valence-electron chi connectivity index (χ1n) is 8.22. The maximum absolute atomic E-state index is 12.4. The van der Waals surface area contributed by atoms with E-state index in [2.05, 4.69) is 10.4 Å². The molecule has 128 valence electrons. The molecule has 0 bridgehead atoms. The number of aryl methyl sites for hydroxylation is 1. The Kier molecular flexibility index (Phi) is 4.82. The van der Waals surface area contributed by atoms with Gasteiger partial charge in [0.1, 0.15) is 5.69 Å². The van der Waals surface area contributed by atoms with Gasteiger partial charge in [0.15, 0.2) is 0 Å². The molecule has 0 atom stereocenters. The van der Waals surface area contributed by atoms with Gasteiger partial charge in [-0.3, -0.25) is 14.3 Å². The van der Waals surface area contributed by atoms with Gasteiger partial charge in [-0.2, -0.15) is 5.10 Å². The summed E-state index contributed by atoms with van der Waals surface area (Å²) in [6.45, 7) is 6.30. The molecular weight excluding hydrogens is 294 g/mol. The van der Waals surface area contributed by atoms with Gasteiger partial charge in [-0.05, 0) is 18.9 Å². The number of aliphatic carboxylic acids is 1. The minimum Gasteiger partial charge on any atom is -0.481 e. The predicted molar refractivity (Wildman–Crippen MR) is 87.4 cm³/mol. The Balaban J connectivity index is 2.10. The zero-order valence-electron chi connectivity index (χ0n) is 14.5. The molecule has 1 aliphatic rings. The van der Waals surface area contributed by atoms with Crippen molar-refractivity contribution in [3.8, 4) is 0 Å². The minimum absolute atomic E-state index is 0.137. The van der Waals surface area contributed by atoms with Crippen molar-refractivity contribution >= 4 is 11.9 Å². The molecule has 1 aromatic rings. The molecule has 6 nitrogen and oxygen atoms in total. The summed E-state index contributed by atoms with van der Waals surface area (Å²) in [5.41, 5.74) is 0.350. The molecule has 0 spiro atoms. The zero-order valence-corrected chi connectivity index (χ0v) is 14.5. The highest BCUT2D eigenvalue weighted by Gasteiger charge is 2.40. The van der Waals surface area contributed by atoms with E-state index in [0.29, 0.717) is 18.5 Å². The molecule has 6 heteroatoms. The first kappa shape index (κ1) is 17.5. The SMILES string of the molecule is Cn1nc(C(C)(C)C)cc1C(=O)NCC1(C(=O)O)CCCCC1. The van der Waals surface area contributed by atoms with Gasteiger partial charge in [-0.1, -0.05) is 40.0 Å². The van der Waals surface area contributed by atoms with Crippen LogP contribution >= 0.6 is 0 Å². The van der Waals surface area contributed by atoms with Crippen molar-refractivity contribution in [3.63, 3.8) is 0 Å². The third-order valence-corrected chi connectivity index (χ3v) is 4.73. The van der Waals surface area contributed by atoms with Crippen LogP contribution < -0.4 is 5.32 Å². The lowest BCUT2D eigenvalue weighted by Crippen LogP contribution is -2.44. The van der Waals surface area contributed by atoms with E-state index >= 15 is 0 Å². The normalized spacial score (nSPS) is 17.7. The Morgan fingerprint density at radius 3 is 2.39 bits per heavy atom. The summed E-state index contributed by atoms with van der Waals surface area (Å²) in [6, 6.07) is 1.78. The molecule has 2 N–H and O–H groups in total. The first-order valence-corrected chi connectivity index (χ1v) is 8.22. The van der Waals surface area contributed by atoms with E-state index in [-0.39, 0.29) is 17.9 Å². The van der Waals surface area contributed by atoms with Crippen molar-refractivity contribution in [1.29, 1.82) is 0 Å². The quantitative estimate of drug-likeness (QED) is 0.892. The summed E-state index contributed by atoms with van der Waals surface area (Å²) in [5, 5.41) is 16.8. The van der Waals surface area contributed by atoms with Crippen LogP contribution in [-0.4, -0.2) is 33.3 Å². The maximum Gasteiger partial charge on any atom is 0.311 e. The Hall–Kier alpha value is -1.85. The second kappa shape index (κ2) is 6.34. The van der Waals surface area contributed by atoms with Gasteiger partial charge >= 0.3 is 5.97 Å². The van der Waals surface area contributed by atoms with Gasteiger partial charge in [-0.15, -0.1) is 0 Å². The molecule has 1 saturated carbocycles. The van der Waals surface area contributed by atoms with Crippen molar-refractivity contribution in [3.05, 3.63) is 17.5 Å². The van der Waals surface area contributed by atoms with Gasteiger partial charge < -0.3 is 10.4 Å². The molecule has 0 aliphatic heterocycles. The highest BCUT2D eigenvalue weighted by Crippen LogP contribution is 2.36. The highest BCUT2D eigenvalue weighted by molar-refractivity contribution is 5.93. The van der Waals surface area contributed by atoms with Crippen molar-refractivity contribution in [2.45, 2.75) is 58.3 Å². The van der Waals surface area contributed by atoms with Crippen LogP contribution in [0.2, 0.25) is 0 Å². The molecule has 0 unspecified atom stereocenters. The fourth-order valence-electron chi connectivity index (χ4n) is 3.08. The number of carboxylic acid groups (broad SMARTS) is 1. The van der Waals surface area contributed by atoms with Gasteiger partial charge in [0.2, 0.25) is 0 Å². The summed E-state index contributed by atoms with van der Waals surface area (Å²) < 4.78 is 1.56. The average Bonchev–Trinajstić information content (AvgIpc) is 2.88. The lowest BCUT2D eigenvalue weighted by molar-refractivity contribution is -0.150. The molecule has 0 saturated heterocycles. The second-order valence-corrected chi connectivity index (χ2v) is 7.62. The standard InChI is InChI=1S/C17H27N3O3/c1-16(2,3)13-10-12(20(4)19-13)14(21)18-11-17(15(22)23)8-6-5-7-9-17/h10H,5-9,11H2,1-4H3,(H,18,21)(H,22,23). The van der Waals surface area contributed by atoms with E-state index in [0.717, 1.165) is 25.0 Å². The molecular formula is C17H27N3O3. The minimum atomic E-state index is -0.820. The molecule has 2 rings (SSSR count). The number of rotatable bonds is 4. The number of carbonyl (C=O) groups is 2. The van der Waals surface area contributed by atoms with Crippen molar-refractivity contribution in [1.82, 2.24) is 15.1 Å². The molecule has 1 fully saturated rings. The Morgan fingerprint density at radius 2 is 1.91 bits per heavy atom. The number of hydrogen-bond acceptors (Lipinski definition) is 3. The molecule has 1 heterocycles. The number of nitrogens with one attached hydrogen (secondary N) is 1. The summed E-state index contributed by atoms with van der Waals surface area (Å²) in [7, 11) is 1.73. The zero-order chi connectivity index (χ0) is 17.3. The fourth-order valence-corrected chi connectivity index (χ4v) is 3.08. The Labute approximate surface area is 137 Å². The van der Waals surface area contributed by atoms with Crippen molar-refractivity contribution < 1.29 is 14.7 Å². The lowest BCUT2D eigenvalue weighted by Gasteiger charge is -2.33. The van der Waals surface area contributed by atoms with E-state index in [9.17, 15) is 14.7 Å².